The molecular formula is C15H18FN3O2. The van der Waals surface area contributed by atoms with Gasteiger partial charge >= 0.3 is 0 Å². The van der Waals surface area contributed by atoms with E-state index in [2.05, 4.69) is 6.07 Å². The van der Waals surface area contributed by atoms with Crippen molar-refractivity contribution in [2.75, 3.05) is 26.2 Å². The minimum Gasteiger partial charge on any atom is -0.507 e. The molecule has 0 aromatic heterocycles. The van der Waals surface area contributed by atoms with Gasteiger partial charge in [-0.05, 0) is 32.0 Å². The number of phenolic OH excluding ortho intramolecular Hbond substituents is 1. The second-order valence-corrected chi connectivity index (χ2v) is 5.61. The lowest BCUT2D eigenvalue weighted by Gasteiger charge is -2.40. The summed E-state index contributed by atoms with van der Waals surface area (Å²) in [5, 5.41) is 18.8. The third-order valence-electron chi connectivity index (χ3n) is 3.82. The van der Waals surface area contributed by atoms with Crippen LogP contribution in [0.3, 0.4) is 0 Å². The van der Waals surface area contributed by atoms with Crippen LogP contribution in [0.5, 0.6) is 5.75 Å². The molecule has 1 aliphatic rings. The topological polar surface area (TPSA) is 67.6 Å². The molecule has 1 fully saturated rings. The molecule has 1 aliphatic heterocycles. The molecular weight excluding hydrogens is 273 g/mol. The van der Waals surface area contributed by atoms with Crippen LogP contribution in [0, 0.1) is 17.1 Å². The molecule has 0 radical (unpaired) electrons. The molecule has 2 rings (SSSR count). The van der Waals surface area contributed by atoms with Gasteiger partial charge in [-0.25, -0.2) is 4.39 Å². The highest BCUT2D eigenvalue weighted by molar-refractivity contribution is 5.96. The zero-order valence-corrected chi connectivity index (χ0v) is 12.1. The van der Waals surface area contributed by atoms with Crippen LogP contribution in [0.4, 0.5) is 4.39 Å². The van der Waals surface area contributed by atoms with Gasteiger partial charge in [-0.2, -0.15) is 5.26 Å². The fraction of sp³-hybridized carbons (Fsp3) is 0.467. The van der Waals surface area contributed by atoms with Gasteiger partial charge < -0.3 is 10.0 Å². The van der Waals surface area contributed by atoms with Crippen molar-refractivity contribution in [1.29, 1.82) is 5.26 Å². The molecule has 112 valence electrons. The average Bonchev–Trinajstić information content (AvgIpc) is 2.49. The fourth-order valence-electron chi connectivity index (χ4n) is 2.39. The summed E-state index contributed by atoms with van der Waals surface area (Å²) in [6.07, 6.45) is 0. The van der Waals surface area contributed by atoms with Gasteiger partial charge in [0.1, 0.15) is 17.1 Å². The van der Waals surface area contributed by atoms with Gasteiger partial charge in [0.05, 0.1) is 11.6 Å². The van der Waals surface area contributed by atoms with E-state index in [9.17, 15) is 14.3 Å². The van der Waals surface area contributed by atoms with Crippen LogP contribution in [-0.2, 0) is 0 Å². The third kappa shape index (κ3) is 3.14. The Hall–Kier alpha value is -2.13. The number of halogens is 1. The summed E-state index contributed by atoms with van der Waals surface area (Å²) in [6.45, 7) is 5.70. The molecule has 5 nitrogen and oxygen atoms in total. The van der Waals surface area contributed by atoms with E-state index in [1.165, 1.54) is 6.07 Å². The molecule has 6 heteroatoms. The first-order valence-electron chi connectivity index (χ1n) is 6.79. The van der Waals surface area contributed by atoms with Gasteiger partial charge in [-0.1, -0.05) is 0 Å². The van der Waals surface area contributed by atoms with E-state index in [-0.39, 0.29) is 17.2 Å². The van der Waals surface area contributed by atoms with E-state index < -0.39 is 11.4 Å². The number of carbonyl (C=O) groups excluding carboxylic acids is 1. The summed E-state index contributed by atoms with van der Waals surface area (Å²) in [4.78, 5) is 15.9. The summed E-state index contributed by atoms with van der Waals surface area (Å²) < 4.78 is 13.2. The van der Waals surface area contributed by atoms with E-state index in [0.717, 1.165) is 12.1 Å². The zero-order chi connectivity index (χ0) is 15.6. The van der Waals surface area contributed by atoms with Crippen molar-refractivity contribution < 1.29 is 14.3 Å². The standard InChI is InChI=1S/C15H18FN3O2/c1-15(2,10-17)19-7-5-18(6-8-19)14(21)12-9-11(16)3-4-13(12)20/h3-4,9,20H,5-8H2,1-2H3. The number of benzene rings is 1. The second-order valence-electron chi connectivity index (χ2n) is 5.61. The first-order valence-corrected chi connectivity index (χ1v) is 6.79. The van der Waals surface area contributed by atoms with Crippen LogP contribution < -0.4 is 0 Å². The largest absolute Gasteiger partial charge is 0.507 e. The summed E-state index contributed by atoms with van der Waals surface area (Å²) in [5.41, 5.74) is -0.598. The van der Waals surface area contributed by atoms with Crippen LogP contribution in [0.15, 0.2) is 18.2 Å². The smallest absolute Gasteiger partial charge is 0.257 e. The van der Waals surface area contributed by atoms with Crippen molar-refractivity contribution in [2.24, 2.45) is 0 Å². The quantitative estimate of drug-likeness (QED) is 0.898. The Labute approximate surface area is 123 Å². The van der Waals surface area contributed by atoms with Crippen LogP contribution in [0.2, 0.25) is 0 Å². The SMILES string of the molecule is CC(C)(C#N)N1CCN(C(=O)c2cc(F)ccc2O)CC1. The highest BCUT2D eigenvalue weighted by atomic mass is 19.1. The monoisotopic (exact) mass is 291 g/mol. The zero-order valence-electron chi connectivity index (χ0n) is 12.1. The van der Waals surface area contributed by atoms with Crippen molar-refractivity contribution in [3.8, 4) is 11.8 Å². The second kappa shape index (κ2) is 5.70. The molecule has 1 aromatic carbocycles. The highest BCUT2D eigenvalue weighted by Gasteiger charge is 2.31. The number of nitrogens with zero attached hydrogens (tertiary/aromatic N) is 3. The molecule has 1 amide bonds. The number of carbonyl (C=O) groups is 1. The van der Waals surface area contributed by atoms with Crippen LogP contribution in [0.1, 0.15) is 24.2 Å². The summed E-state index contributed by atoms with van der Waals surface area (Å²) in [6, 6.07) is 5.57. The van der Waals surface area contributed by atoms with Gasteiger partial charge in [0.2, 0.25) is 0 Å². The van der Waals surface area contributed by atoms with Crippen molar-refractivity contribution in [3.63, 3.8) is 0 Å². The Morgan fingerprint density at radius 1 is 1.33 bits per heavy atom. The van der Waals surface area contributed by atoms with Crippen LogP contribution in [0.25, 0.3) is 0 Å². The fourth-order valence-corrected chi connectivity index (χ4v) is 2.39. The predicted octanol–water partition coefficient (Wildman–Crippen LogP) is 1.59. The number of rotatable bonds is 2. The number of nitriles is 1. The Morgan fingerprint density at radius 2 is 1.95 bits per heavy atom. The highest BCUT2D eigenvalue weighted by Crippen LogP contribution is 2.22. The Morgan fingerprint density at radius 3 is 2.52 bits per heavy atom. The lowest BCUT2D eigenvalue weighted by atomic mass is 10.0. The lowest BCUT2D eigenvalue weighted by molar-refractivity contribution is 0.0518. The van der Waals surface area contributed by atoms with Gasteiger partial charge in [0.25, 0.3) is 5.91 Å². The van der Waals surface area contributed by atoms with Crippen molar-refractivity contribution in [3.05, 3.63) is 29.6 Å². The predicted molar refractivity (Wildman–Crippen MR) is 75.2 cm³/mol. The summed E-state index contributed by atoms with van der Waals surface area (Å²) in [7, 11) is 0. The van der Waals surface area contributed by atoms with E-state index >= 15 is 0 Å². The number of amides is 1. The molecule has 0 unspecified atom stereocenters. The molecule has 0 atom stereocenters. The Kier molecular flexibility index (Phi) is 4.14. The van der Waals surface area contributed by atoms with E-state index in [1.807, 2.05) is 18.7 Å². The third-order valence-corrected chi connectivity index (χ3v) is 3.82. The first kappa shape index (κ1) is 15.3. The molecule has 0 aliphatic carbocycles. The molecule has 21 heavy (non-hydrogen) atoms. The van der Waals surface area contributed by atoms with Crippen molar-refractivity contribution >= 4 is 5.91 Å². The minimum absolute atomic E-state index is 0.0250. The van der Waals surface area contributed by atoms with E-state index in [4.69, 9.17) is 5.26 Å². The van der Waals surface area contributed by atoms with Crippen molar-refractivity contribution in [2.45, 2.75) is 19.4 Å². The molecule has 1 N–H and O–H groups in total. The maximum absolute atomic E-state index is 13.2. The molecule has 1 aromatic rings. The molecule has 0 bridgehead atoms. The van der Waals surface area contributed by atoms with Gasteiger partial charge in [-0.3, -0.25) is 9.69 Å². The minimum atomic E-state index is -0.573. The first-order chi connectivity index (χ1) is 9.85. The van der Waals surface area contributed by atoms with E-state index in [0.29, 0.717) is 26.2 Å². The molecule has 0 saturated carbocycles. The molecule has 0 spiro atoms. The van der Waals surface area contributed by atoms with Crippen molar-refractivity contribution in [1.82, 2.24) is 9.80 Å². The normalized spacial score (nSPS) is 16.6. The Bertz CT molecular complexity index is 587. The number of aromatic hydroxyl groups is 1. The Balaban J connectivity index is 2.07. The molecule has 1 heterocycles. The average molecular weight is 291 g/mol. The number of phenols is 1. The van der Waals surface area contributed by atoms with Crippen LogP contribution >= 0.6 is 0 Å². The number of piperazine rings is 1. The number of hydrogen-bond donors (Lipinski definition) is 1. The van der Waals surface area contributed by atoms with Gasteiger partial charge in [0, 0.05) is 26.2 Å². The lowest BCUT2D eigenvalue weighted by Crippen LogP contribution is -2.55. The maximum Gasteiger partial charge on any atom is 0.257 e. The number of hydrogen-bond acceptors (Lipinski definition) is 4. The maximum atomic E-state index is 13.2. The van der Waals surface area contributed by atoms with Gasteiger partial charge in [-0.15, -0.1) is 0 Å². The summed E-state index contributed by atoms with van der Waals surface area (Å²) >= 11 is 0. The van der Waals surface area contributed by atoms with Gasteiger partial charge in [0.15, 0.2) is 0 Å². The van der Waals surface area contributed by atoms with Crippen LogP contribution in [-0.4, -0.2) is 52.5 Å². The molecule has 1 saturated heterocycles. The summed E-state index contributed by atoms with van der Waals surface area (Å²) in [5.74, 6) is -1.16. The van der Waals surface area contributed by atoms with E-state index in [1.54, 1.807) is 4.90 Å².